The number of hydrogen-bond acceptors (Lipinski definition) is 4. The number of nitrogens with two attached hydrogens (primary N) is 1. The predicted molar refractivity (Wildman–Crippen MR) is 69.7 cm³/mol. The fourth-order valence-electron chi connectivity index (χ4n) is 1.44. The van der Waals surface area contributed by atoms with Crippen molar-refractivity contribution < 1.29 is 8.42 Å². The summed E-state index contributed by atoms with van der Waals surface area (Å²) in [7, 11) is -3.12. The number of nitrogen functional groups attached to an aromatic ring is 1. The average Bonchev–Trinajstić information content (AvgIpc) is 2.41. The highest BCUT2D eigenvalue weighted by atomic mass is 32.2. The Morgan fingerprint density at radius 2 is 1.82 bits per heavy atom. The molecule has 0 saturated heterocycles. The summed E-state index contributed by atoms with van der Waals surface area (Å²) in [5.74, 6) is 0.0812. The Bertz CT molecular complexity index is 510. The van der Waals surface area contributed by atoms with E-state index in [-0.39, 0.29) is 5.75 Å². The van der Waals surface area contributed by atoms with Crippen molar-refractivity contribution in [1.29, 1.82) is 0 Å². The standard InChI is InChI=1S/C11H21N3O2S/c1-8-10(12)9(2)14(13-8)6-7-17(15,16)11(3,4)5/h6-7,12H2,1-5H3. The van der Waals surface area contributed by atoms with Crippen molar-refractivity contribution in [2.75, 3.05) is 11.5 Å². The zero-order chi connectivity index (χ0) is 13.4. The van der Waals surface area contributed by atoms with Crippen LogP contribution in [0.1, 0.15) is 32.2 Å². The Morgan fingerprint density at radius 1 is 1.29 bits per heavy atom. The van der Waals surface area contributed by atoms with Gasteiger partial charge in [0.15, 0.2) is 9.84 Å². The SMILES string of the molecule is Cc1nn(CCS(=O)(=O)C(C)(C)C)c(C)c1N. The maximum Gasteiger partial charge on any atom is 0.157 e. The minimum absolute atomic E-state index is 0.0812. The van der Waals surface area contributed by atoms with E-state index >= 15 is 0 Å². The van der Waals surface area contributed by atoms with Crippen LogP contribution in [0.3, 0.4) is 0 Å². The molecule has 98 valence electrons. The van der Waals surface area contributed by atoms with Crippen molar-refractivity contribution in [2.45, 2.75) is 45.9 Å². The summed E-state index contributed by atoms with van der Waals surface area (Å²) in [5, 5.41) is 4.22. The molecular weight excluding hydrogens is 238 g/mol. The molecule has 5 nitrogen and oxygen atoms in total. The lowest BCUT2D eigenvalue weighted by Gasteiger charge is -2.19. The second-order valence-corrected chi connectivity index (χ2v) is 8.10. The van der Waals surface area contributed by atoms with Gasteiger partial charge in [-0.05, 0) is 34.6 Å². The fraction of sp³-hybridized carbons (Fsp3) is 0.727. The predicted octanol–water partition coefficient (Wildman–Crippen LogP) is 1.30. The number of aryl methyl sites for hydroxylation is 2. The van der Waals surface area contributed by atoms with Crippen LogP contribution in [0.25, 0.3) is 0 Å². The third-order valence-electron chi connectivity index (χ3n) is 2.94. The van der Waals surface area contributed by atoms with Gasteiger partial charge in [-0.1, -0.05) is 0 Å². The topological polar surface area (TPSA) is 78.0 Å². The first kappa shape index (κ1) is 14.0. The van der Waals surface area contributed by atoms with Gasteiger partial charge in [0.1, 0.15) is 0 Å². The maximum atomic E-state index is 12.0. The van der Waals surface area contributed by atoms with Crippen LogP contribution < -0.4 is 5.73 Å². The van der Waals surface area contributed by atoms with E-state index in [0.29, 0.717) is 12.2 Å². The summed E-state index contributed by atoms with van der Waals surface area (Å²) in [6.45, 7) is 9.13. The van der Waals surface area contributed by atoms with Gasteiger partial charge in [0.2, 0.25) is 0 Å². The summed E-state index contributed by atoms with van der Waals surface area (Å²) in [4.78, 5) is 0. The van der Waals surface area contributed by atoms with Gasteiger partial charge in [0.05, 0.1) is 34.1 Å². The Morgan fingerprint density at radius 3 is 2.18 bits per heavy atom. The molecule has 2 N–H and O–H groups in total. The summed E-state index contributed by atoms with van der Waals surface area (Å²) in [6.07, 6.45) is 0. The first-order valence-electron chi connectivity index (χ1n) is 5.58. The molecule has 1 heterocycles. The van der Waals surface area contributed by atoms with E-state index in [4.69, 9.17) is 5.73 Å². The van der Waals surface area contributed by atoms with Crippen LogP contribution in [0.5, 0.6) is 0 Å². The molecule has 1 rings (SSSR count). The Balaban J connectivity index is 2.86. The van der Waals surface area contributed by atoms with Gasteiger partial charge in [-0.25, -0.2) is 8.42 Å². The zero-order valence-corrected chi connectivity index (χ0v) is 11.9. The van der Waals surface area contributed by atoms with E-state index < -0.39 is 14.6 Å². The molecule has 6 heteroatoms. The summed E-state index contributed by atoms with van der Waals surface area (Å²) >= 11 is 0. The first-order chi connectivity index (χ1) is 7.56. The second-order valence-electron chi connectivity index (χ2n) is 5.24. The molecule has 0 aromatic carbocycles. The Labute approximate surface area is 103 Å². The van der Waals surface area contributed by atoms with Crippen LogP contribution in [0.2, 0.25) is 0 Å². The van der Waals surface area contributed by atoms with Gasteiger partial charge < -0.3 is 5.73 Å². The van der Waals surface area contributed by atoms with Gasteiger partial charge in [-0.2, -0.15) is 5.10 Å². The molecule has 1 aromatic heterocycles. The number of hydrogen-bond donors (Lipinski definition) is 1. The van der Waals surface area contributed by atoms with E-state index in [1.807, 2.05) is 13.8 Å². The highest BCUT2D eigenvalue weighted by Crippen LogP contribution is 2.18. The largest absolute Gasteiger partial charge is 0.396 e. The smallest absolute Gasteiger partial charge is 0.157 e. The van der Waals surface area contributed by atoms with Crippen molar-refractivity contribution in [3.63, 3.8) is 0 Å². The number of nitrogens with zero attached hydrogens (tertiary/aromatic N) is 2. The average molecular weight is 259 g/mol. The molecule has 0 fully saturated rings. The normalized spacial score (nSPS) is 13.0. The Kier molecular flexibility index (Phi) is 3.57. The number of anilines is 1. The van der Waals surface area contributed by atoms with Crippen LogP contribution in [0.15, 0.2) is 0 Å². The van der Waals surface area contributed by atoms with Gasteiger partial charge >= 0.3 is 0 Å². The van der Waals surface area contributed by atoms with Crippen molar-refractivity contribution in [1.82, 2.24) is 9.78 Å². The number of aromatic nitrogens is 2. The lowest BCUT2D eigenvalue weighted by Crippen LogP contribution is -2.32. The monoisotopic (exact) mass is 259 g/mol. The molecule has 0 amide bonds. The van der Waals surface area contributed by atoms with E-state index in [0.717, 1.165) is 11.4 Å². The molecular formula is C11H21N3O2S. The lowest BCUT2D eigenvalue weighted by molar-refractivity contribution is 0.546. The molecule has 17 heavy (non-hydrogen) atoms. The van der Waals surface area contributed by atoms with Crippen LogP contribution in [0, 0.1) is 13.8 Å². The van der Waals surface area contributed by atoms with E-state index in [1.54, 1.807) is 25.5 Å². The quantitative estimate of drug-likeness (QED) is 0.887. The van der Waals surface area contributed by atoms with Crippen LogP contribution >= 0.6 is 0 Å². The van der Waals surface area contributed by atoms with Crippen molar-refractivity contribution in [3.8, 4) is 0 Å². The molecule has 0 aliphatic heterocycles. The van der Waals surface area contributed by atoms with Crippen LogP contribution in [0.4, 0.5) is 5.69 Å². The summed E-state index contributed by atoms with van der Waals surface area (Å²) in [5.41, 5.74) is 8.00. The molecule has 1 aromatic rings. The molecule has 0 aliphatic rings. The van der Waals surface area contributed by atoms with Crippen molar-refractivity contribution in [2.24, 2.45) is 0 Å². The highest BCUT2D eigenvalue weighted by Gasteiger charge is 2.28. The van der Waals surface area contributed by atoms with Crippen molar-refractivity contribution >= 4 is 15.5 Å². The molecule has 0 radical (unpaired) electrons. The molecule has 0 unspecified atom stereocenters. The van der Waals surface area contributed by atoms with Gasteiger partial charge in [0.25, 0.3) is 0 Å². The molecule has 0 aliphatic carbocycles. The van der Waals surface area contributed by atoms with Crippen molar-refractivity contribution in [3.05, 3.63) is 11.4 Å². The summed E-state index contributed by atoms with van der Waals surface area (Å²) < 4.78 is 24.8. The van der Waals surface area contributed by atoms with Crippen LogP contribution in [-0.4, -0.2) is 28.7 Å². The third-order valence-corrected chi connectivity index (χ3v) is 5.53. The lowest BCUT2D eigenvalue weighted by atomic mass is 10.3. The van der Waals surface area contributed by atoms with E-state index in [2.05, 4.69) is 5.10 Å². The zero-order valence-electron chi connectivity index (χ0n) is 11.1. The highest BCUT2D eigenvalue weighted by molar-refractivity contribution is 7.92. The minimum Gasteiger partial charge on any atom is -0.396 e. The van der Waals surface area contributed by atoms with E-state index in [1.165, 1.54) is 0 Å². The van der Waals surface area contributed by atoms with Gasteiger partial charge in [-0.15, -0.1) is 0 Å². The number of rotatable bonds is 3. The molecule has 0 saturated carbocycles. The first-order valence-corrected chi connectivity index (χ1v) is 7.23. The van der Waals surface area contributed by atoms with Crippen LogP contribution in [-0.2, 0) is 16.4 Å². The third kappa shape index (κ3) is 2.80. The van der Waals surface area contributed by atoms with Gasteiger partial charge in [0, 0.05) is 0 Å². The fourth-order valence-corrected chi connectivity index (χ4v) is 2.47. The molecule has 0 spiro atoms. The molecule has 0 bridgehead atoms. The van der Waals surface area contributed by atoms with E-state index in [9.17, 15) is 8.42 Å². The Hall–Kier alpha value is -1.04. The number of sulfone groups is 1. The second kappa shape index (κ2) is 4.33. The molecule has 0 atom stereocenters. The maximum absolute atomic E-state index is 12.0. The summed E-state index contributed by atoms with van der Waals surface area (Å²) in [6, 6.07) is 0. The van der Waals surface area contributed by atoms with Gasteiger partial charge in [-0.3, -0.25) is 4.68 Å². The minimum atomic E-state index is -3.12.